The van der Waals surface area contributed by atoms with Crippen molar-refractivity contribution in [3.8, 4) is 0 Å². The Kier molecular flexibility index (Phi) is 5.24. The molecule has 1 aromatic carbocycles. The van der Waals surface area contributed by atoms with E-state index in [1.54, 1.807) is 6.33 Å². The molecule has 0 N–H and O–H groups in total. The van der Waals surface area contributed by atoms with Crippen molar-refractivity contribution in [1.29, 1.82) is 0 Å². The number of pyridine rings is 1. The average molecular weight is 414 g/mol. The van der Waals surface area contributed by atoms with Crippen molar-refractivity contribution in [3.05, 3.63) is 71.9 Å². The SMILES string of the molecule is Cc1ccc(N2CCCN(c3ncnc4c3cnn4Cc3ccc(C)nc3)CC2)cc1. The first-order chi connectivity index (χ1) is 15.2. The molecule has 0 saturated carbocycles. The summed E-state index contributed by atoms with van der Waals surface area (Å²) in [6.45, 7) is 8.69. The molecule has 5 rings (SSSR count). The number of benzene rings is 1. The normalized spacial score (nSPS) is 14.8. The van der Waals surface area contributed by atoms with Crippen LogP contribution in [0, 0.1) is 13.8 Å². The zero-order valence-corrected chi connectivity index (χ0v) is 18.1. The van der Waals surface area contributed by atoms with Crippen LogP contribution in [0.1, 0.15) is 23.2 Å². The summed E-state index contributed by atoms with van der Waals surface area (Å²) in [5, 5.41) is 5.62. The van der Waals surface area contributed by atoms with Gasteiger partial charge in [0, 0.05) is 43.8 Å². The number of rotatable bonds is 4. The first kappa shape index (κ1) is 19.5. The summed E-state index contributed by atoms with van der Waals surface area (Å²) < 4.78 is 1.93. The molecule has 0 aliphatic carbocycles. The lowest BCUT2D eigenvalue weighted by Crippen LogP contribution is -2.31. The van der Waals surface area contributed by atoms with Crippen molar-refractivity contribution in [2.75, 3.05) is 36.0 Å². The monoisotopic (exact) mass is 413 g/mol. The molecule has 1 fully saturated rings. The molecule has 0 bridgehead atoms. The summed E-state index contributed by atoms with van der Waals surface area (Å²) in [5.74, 6) is 0.976. The first-order valence-electron chi connectivity index (χ1n) is 10.8. The van der Waals surface area contributed by atoms with Gasteiger partial charge in [-0.2, -0.15) is 5.10 Å². The van der Waals surface area contributed by atoms with Crippen molar-refractivity contribution >= 4 is 22.5 Å². The molecule has 0 radical (unpaired) electrons. The van der Waals surface area contributed by atoms with Crippen molar-refractivity contribution < 1.29 is 0 Å². The standard InChI is InChI=1S/C24H27N7/c1-18-4-8-21(9-5-18)29-10-3-11-30(13-12-29)23-22-15-28-31(24(22)27-17-26-23)16-20-7-6-19(2)25-14-20/h4-9,14-15,17H,3,10-13,16H2,1-2H3. The Morgan fingerprint density at radius 2 is 1.61 bits per heavy atom. The maximum atomic E-state index is 4.64. The Labute approximate surface area is 182 Å². The van der Waals surface area contributed by atoms with Gasteiger partial charge in [-0.1, -0.05) is 23.8 Å². The van der Waals surface area contributed by atoms with Gasteiger partial charge < -0.3 is 9.80 Å². The van der Waals surface area contributed by atoms with E-state index >= 15 is 0 Å². The van der Waals surface area contributed by atoms with Crippen molar-refractivity contribution in [2.24, 2.45) is 0 Å². The zero-order valence-electron chi connectivity index (χ0n) is 18.1. The number of anilines is 2. The van der Waals surface area contributed by atoms with Gasteiger partial charge in [0.25, 0.3) is 0 Å². The van der Waals surface area contributed by atoms with Crippen molar-refractivity contribution in [2.45, 2.75) is 26.8 Å². The average Bonchev–Trinajstić information content (AvgIpc) is 3.03. The predicted molar refractivity (Wildman–Crippen MR) is 124 cm³/mol. The highest BCUT2D eigenvalue weighted by Gasteiger charge is 2.20. The van der Waals surface area contributed by atoms with Gasteiger partial charge in [0.1, 0.15) is 12.1 Å². The Hall–Kier alpha value is -3.48. The molecule has 4 heterocycles. The minimum atomic E-state index is 0.647. The fourth-order valence-corrected chi connectivity index (χ4v) is 4.16. The second-order valence-electron chi connectivity index (χ2n) is 8.21. The number of fused-ring (bicyclic) bond motifs is 1. The molecule has 1 saturated heterocycles. The number of hydrogen-bond acceptors (Lipinski definition) is 6. The highest BCUT2D eigenvalue weighted by Crippen LogP contribution is 2.25. The Bertz CT molecular complexity index is 1160. The van der Waals surface area contributed by atoms with Crippen LogP contribution in [-0.2, 0) is 6.54 Å². The van der Waals surface area contributed by atoms with Crippen LogP contribution in [-0.4, -0.2) is 50.9 Å². The molecule has 7 nitrogen and oxygen atoms in total. The molecule has 31 heavy (non-hydrogen) atoms. The lowest BCUT2D eigenvalue weighted by atomic mass is 10.2. The van der Waals surface area contributed by atoms with Gasteiger partial charge in [0.2, 0.25) is 0 Å². The summed E-state index contributed by atoms with van der Waals surface area (Å²) in [4.78, 5) is 18.4. The topological polar surface area (TPSA) is 63.0 Å². The quantitative estimate of drug-likeness (QED) is 0.509. The van der Waals surface area contributed by atoms with Crippen LogP contribution < -0.4 is 9.80 Å². The number of aryl methyl sites for hydroxylation is 2. The summed E-state index contributed by atoms with van der Waals surface area (Å²) in [7, 11) is 0. The van der Waals surface area contributed by atoms with Crippen LogP contribution in [0.4, 0.5) is 11.5 Å². The zero-order chi connectivity index (χ0) is 21.2. The fraction of sp³-hybridized carbons (Fsp3) is 0.333. The van der Waals surface area contributed by atoms with E-state index in [9.17, 15) is 0 Å². The number of hydrogen-bond donors (Lipinski definition) is 0. The van der Waals surface area contributed by atoms with Gasteiger partial charge in [-0.3, -0.25) is 4.98 Å². The molecule has 0 amide bonds. The highest BCUT2D eigenvalue weighted by atomic mass is 15.3. The van der Waals surface area contributed by atoms with Crippen LogP contribution in [0.5, 0.6) is 0 Å². The number of aromatic nitrogens is 5. The second-order valence-corrected chi connectivity index (χ2v) is 8.21. The van der Waals surface area contributed by atoms with E-state index in [0.29, 0.717) is 6.54 Å². The molecule has 7 heteroatoms. The minimum absolute atomic E-state index is 0.647. The Balaban J connectivity index is 1.37. The summed E-state index contributed by atoms with van der Waals surface area (Å²) in [5.41, 5.74) is 5.57. The maximum absolute atomic E-state index is 4.64. The Morgan fingerprint density at radius 1 is 0.806 bits per heavy atom. The van der Waals surface area contributed by atoms with Gasteiger partial charge in [-0.15, -0.1) is 0 Å². The predicted octanol–water partition coefficient (Wildman–Crippen LogP) is 3.60. The largest absolute Gasteiger partial charge is 0.370 e. The molecule has 158 valence electrons. The second kappa shape index (κ2) is 8.34. The third-order valence-electron chi connectivity index (χ3n) is 5.91. The third-order valence-corrected chi connectivity index (χ3v) is 5.91. The molecule has 0 atom stereocenters. The highest BCUT2D eigenvalue weighted by molar-refractivity contribution is 5.86. The van der Waals surface area contributed by atoms with E-state index in [1.165, 1.54) is 11.3 Å². The molecule has 0 spiro atoms. The van der Waals surface area contributed by atoms with E-state index in [4.69, 9.17) is 0 Å². The molecule has 4 aromatic rings. The van der Waals surface area contributed by atoms with E-state index in [1.807, 2.05) is 30.1 Å². The smallest absolute Gasteiger partial charge is 0.163 e. The van der Waals surface area contributed by atoms with Crippen molar-refractivity contribution in [1.82, 2.24) is 24.7 Å². The lowest BCUT2D eigenvalue weighted by molar-refractivity contribution is 0.701. The minimum Gasteiger partial charge on any atom is -0.370 e. The van der Waals surface area contributed by atoms with Crippen LogP contribution in [0.2, 0.25) is 0 Å². The van der Waals surface area contributed by atoms with Gasteiger partial charge >= 0.3 is 0 Å². The maximum Gasteiger partial charge on any atom is 0.163 e. The molecular weight excluding hydrogens is 386 g/mol. The fourth-order valence-electron chi connectivity index (χ4n) is 4.16. The molecule has 3 aromatic heterocycles. The molecule has 1 aliphatic heterocycles. The van der Waals surface area contributed by atoms with Crippen molar-refractivity contribution in [3.63, 3.8) is 0 Å². The van der Waals surface area contributed by atoms with Crippen LogP contribution >= 0.6 is 0 Å². The summed E-state index contributed by atoms with van der Waals surface area (Å²) in [6.07, 6.45) is 6.54. The van der Waals surface area contributed by atoms with Gasteiger partial charge in [-0.05, 0) is 44.0 Å². The molecule has 0 unspecified atom stereocenters. The van der Waals surface area contributed by atoms with E-state index in [2.05, 4.69) is 67.1 Å². The Morgan fingerprint density at radius 3 is 2.42 bits per heavy atom. The van der Waals surface area contributed by atoms with E-state index in [0.717, 1.165) is 60.7 Å². The third kappa shape index (κ3) is 4.08. The van der Waals surface area contributed by atoms with Gasteiger partial charge in [0.05, 0.1) is 18.1 Å². The molecule has 1 aliphatic rings. The lowest BCUT2D eigenvalue weighted by Gasteiger charge is -2.24. The van der Waals surface area contributed by atoms with E-state index < -0.39 is 0 Å². The van der Waals surface area contributed by atoms with Crippen LogP contribution in [0.15, 0.2) is 55.1 Å². The first-order valence-corrected chi connectivity index (χ1v) is 10.8. The van der Waals surface area contributed by atoms with E-state index in [-0.39, 0.29) is 0 Å². The van der Waals surface area contributed by atoms with Crippen LogP contribution in [0.3, 0.4) is 0 Å². The van der Waals surface area contributed by atoms with Gasteiger partial charge in [0.15, 0.2) is 5.65 Å². The number of nitrogens with zero attached hydrogens (tertiary/aromatic N) is 7. The van der Waals surface area contributed by atoms with Crippen LogP contribution in [0.25, 0.3) is 11.0 Å². The molecular formula is C24H27N7. The van der Waals surface area contributed by atoms with Gasteiger partial charge in [-0.25, -0.2) is 14.6 Å². The summed E-state index contributed by atoms with van der Waals surface area (Å²) in [6, 6.07) is 12.9. The summed E-state index contributed by atoms with van der Waals surface area (Å²) >= 11 is 0.